The molecule has 0 bridgehead atoms. The highest BCUT2D eigenvalue weighted by Crippen LogP contribution is 2.62. The van der Waals surface area contributed by atoms with Crippen LogP contribution < -0.4 is 5.38 Å². The van der Waals surface area contributed by atoms with Crippen molar-refractivity contribution in [2.45, 2.75) is 110 Å². The first-order valence-corrected chi connectivity index (χ1v) is 19.9. The number of hydrogen-bond donors (Lipinski definition) is 0. The van der Waals surface area contributed by atoms with Crippen molar-refractivity contribution in [3.05, 3.63) is 30.0 Å². The highest BCUT2D eigenvalue weighted by atomic mass is 28.4. The predicted octanol–water partition coefficient (Wildman–Crippen LogP) is 7.00. The van der Waals surface area contributed by atoms with E-state index >= 15 is 0 Å². The maximum Gasteiger partial charge on any atom is 0.192 e. The van der Waals surface area contributed by atoms with Crippen LogP contribution in [0.3, 0.4) is 0 Å². The molecule has 36 heavy (non-hydrogen) atoms. The maximum absolute atomic E-state index is 12.8. The topological polar surface area (TPSA) is 57.9 Å². The van der Waals surface area contributed by atoms with Crippen LogP contribution in [0.5, 0.6) is 0 Å². The molecule has 0 aromatic carbocycles. The molecule has 0 N–H and O–H groups in total. The maximum atomic E-state index is 12.8. The Kier molecular flexibility index (Phi) is 7.91. The zero-order valence-corrected chi connectivity index (χ0v) is 26.7. The van der Waals surface area contributed by atoms with Gasteiger partial charge in [-0.3, -0.25) is 0 Å². The highest BCUT2D eigenvalue weighted by molar-refractivity contribution is 6.88. The number of aldehydes is 1. The largest absolute Gasteiger partial charge is 0.470 e. The molecule has 204 valence electrons. The van der Waals surface area contributed by atoms with Gasteiger partial charge >= 0.3 is 0 Å². The fourth-order valence-electron chi connectivity index (χ4n) is 6.22. The third-order valence-corrected chi connectivity index (χ3v) is 15.8. The van der Waals surface area contributed by atoms with Crippen LogP contribution in [0.15, 0.2) is 23.1 Å². The molecule has 1 aliphatic heterocycles. The molecule has 1 aliphatic carbocycles. The summed E-state index contributed by atoms with van der Waals surface area (Å²) in [7, 11) is -3.75. The molecule has 0 amide bonds. The third kappa shape index (κ3) is 4.91. The van der Waals surface area contributed by atoms with Crippen molar-refractivity contribution in [3.63, 3.8) is 0 Å². The van der Waals surface area contributed by atoms with E-state index in [0.717, 1.165) is 35.8 Å². The molecular weight excluding hydrogens is 484 g/mol. The Morgan fingerprint density at radius 1 is 1.11 bits per heavy atom. The van der Waals surface area contributed by atoms with Crippen molar-refractivity contribution in [2.75, 3.05) is 13.2 Å². The minimum absolute atomic E-state index is 0.000544. The minimum atomic E-state index is -1.93. The van der Waals surface area contributed by atoms with Gasteiger partial charge in [0, 0.05) is 17.4 Å². The lowest BCUT2D eigenvalue weighted by Crippen LogP contribution is -2.59. The van der Waals surface area contributed by atoms with E-state index in [1.54, 1.807) is 0 Å². The SMILES string of the molecule is C=C[C@H]1C(C)(C)C2(CC[C@]1(C)C(C=O)c1cc(CO[Si](C)(C)C(C)(C)C)c([Si](C)(C)C)o1)OCCO2. The lowest BCUT2D eigenvalue weighted by atomic mass is 9.50. The van der Waals surface area contributed by atoms with Gasteiger partial charge in [0.1, 0.15) is 20.1 Å². The molecular formula is C29H50O5Si2. The zero-order valence-electron chi connectivity index (χ0n) is 24.7. The summed E-state index contributed by atoms with van der Waals surface area (Å²) in [6.45, 7) is 30.8. The van der Waals surface area contributed by atoms with Gasteiger partial charge in [0.25, 0.3) is 0 Å². The van der Waals surface area contributed by atoms with Crippen LogP contribution in [0, 0.1) is 16.7 Å². The molecule has 3 atom stereocenters. The Morgan fingerprint density at radius 2 is 1.69 bits per heavy atom. The van der Waals surface area contributed by atoms with Gasteiger partial charge in [-0.1, -0.05) is 67.3 Å². The molecule has 5 nitrogen and oxygen atoms in total. The van der Waals surface area contributed by atoms with Crippen molar-refractivity contribution in [1.29, 1.82) is 0 Å². The van der Waals surface area contributed by atoms with E-state index in [4.69, 9.17) is 18.3 Å². The van der Waals surface area contributed by atoms with Crippen LogP contribution in [0.4, 0.5) is 0 Å². The molecule has 1 spiro atoms. The summed E-state index contributed by atoms with van der Waals surface area (Å²) < 4.78 is 25.7. The van der Waals surface area contributed by atoms with Gasteiger partial charge in [-0.15, -0.1) is 6.58 Å². The number of carbonyl (C=O) groups excluding carboxylic acids is 1. The van der Waals surface area contributed by atoms with Gasteiger partial charge in [0.2, 0.25) is 0 Å². The summed E-state index contributed by atoms with van der Waals surface area (Å²) in [5, 5.41) is 1.17. The Morgan fingerprint density at radius 3 is 2.17 bits per heavy atom. The number of allylic oxidation sites excluding steroid dienone is 1. The number of ether oxygens (including phenoxy) is 2. The quantitative estimate of drug-likeness (QED) is 0.204. The van der Waals surface area contributed by atoms with Crippen molar-refractivity contribution >= 4 is 28.1 Å². The molecule has 1 saturated heterocycles. The lowest BCUT2D eigenvalue weighted by molar-refractivity contribution is -0.277. The van der Waals surface area contributed by atoms with Crippen LogP contribution in [-0.4, -0.2) is 41.7 Å². The summed E-state index contributed by atoms with van der Waals surface area (Å²) in [6, 6.07) is 2.12. The highest BCUT2D eigenvalue weighted by Gasteiger charge is 2.63. The lowest BCUT2D eigenvalue weighted by Gasteiger charge is -2.58. The molecule has 2 fully saturated rings. The van der Waals surface area contributed by atoms with Crippen molar-refractivity contribution < 1.29 is 23.1 Å². The van der Waals surface area contributed by atoms with Crippen LogP contribution in [0.25, 0.3) is 0 Å². The van der Waals surface area contributed by atoms with Gasteiger partial charge in [-0.25, -0.2) is 0 Å². The summed E-state index contributed by atoms with van der Waals surface area (Å²) in [4.78, 5) is 12.8. The van der Waals surface area contributed by atoms with Crippen LogP contribution in [-0.2, 0) is 25.3 Å². The molecule has 7 heteroatoms. The molecule has 0 radical (unpaired) electrons. The Bertz CT molecular complexity index is 959. The standard InChI is InChI=1S/C29H50O5Si2/c1-13-24-27(5,6)29(31-16-17-32-29)15-14-28(24,7)22(19-30)23-18-21(25(34-23)35(8,9)10)20-33-36(11,12)26(2,3)4/h13,18-19,22,24H,1,14-17,20H2,2-12H3/t22?,24-,28+/m0/s1. The van der Waals surface area contributed by atoms with Crippen LogP contribution in [0.2, 0.25) is 37.8 Å². The monoisotopic (exact) mass is 534 g/mol. The number of carbonyl (C=O) groups is 1. The predicted molar refractivity (Wildman–Crippen MR) is 152 cm³/mol. The molecule has 1 aromatic heterocycles. The van der Waals surface area contributed by atoms with E-state index in [0.29, 0.717) is 19.8 Å². The number of rotatable bonds is 8. The molecule has 1 saturated carbocycles. The first kappa shape index (κ1) is 29.6. The van der Waals surface area contributed by atoms with Crippen LogP contribution >= 0.6 is 0 Å². The van der Waals surface area contributed by atoms with E-state index in [-0.39, 0.29) is 21.8 Å². The van der Waals surface area contributed by atoms with Crippen LogP contribution in [0.1, 0.15) is 71.6 Å². The Labute approximate surface area is 221 Å². The Balaban J connectivity index is 2.02. The minimum Gasteiger partial charge on any atom is -0.470 e. The van der Waals surface area contributed by atoms with Gasteiger partial charge in [0.15, 0.2) is 14.1 Å². The zero-order chi connectivity index (χ0) is 27.4. The van der Waals surface area contributed by atoms with E-state index in [9.17, 15) is 4.79 Å². The first-order valence-electron chi connectivity index (χ1n) is 13.5. The fourth-order valence-corrected chi connectivity index (χ4v) is 8.71. The van der Waals surface area contributed by atoms with E-state index < -0.39 is 28.1 Å². The van der Waals surface area contributed by atoms with Crippen molar-refractivity contribution in [2.24, 2.45) is 16.7 Å². The second-order valence-electron chi connectivity index (χ2n) is 14.3. The van der Waals surface area contributed by atoms with E-state index in [2.05, 4.69) is 86.9 Å². The average molecular weight is 535 g/mol. The first-order chi connectivity index (χ1) is 16.4. The number of hydrogen-bond acceptors (Lipinski definition) is 5. The van der Waals surface area contributed by atoms with E-state index in [1.165, 1.54) is 0 Å². The second kappa shape index (κ2) is 9.63. The Hall–Kier alpha value is -0.996. The molecule has 2 heterocycles. The fraction of sp³-hybridized carbons (Fsp3) is 0.759. The molecule has 2 aliphatic rings. The summed E-state index contributed by atoms with van der Waals surface area (Å²) in [5.74, 6) is -0.270. The summed E-state index contributed by atoms with van der Waals surface area (Å²) in [5.41, 5.74) is 0.385. The molecule has 3 rings (SSSR count). The van der Waals surface area contributed by atoms with Crippen molar-refractivity contribution in [1.82, 2.24) is 0 Å². The number of furan rings is 1. The molecule has 1 aromatic rings. The third-order valence-electron chi connectivity index (χ3n) is 9.51. The van der Waals surface area contributed by atoms with Gasteiger partial charge < -0.3 is 23.1 Å². The molecule has 1 unspecified atom stereocenters. The second-order valence-corrected chi connectivity index (χ2v) is 24.1. The van der Waals surface area contributed by atoms with Gasteiger partial charge in [-0.2, -0.15) is 0 Å². The average Bonchev–Trinajstić information content (AvgIpc) is 3.38. The summed E-state index contributed by atoms with van der Waals surface area (Å²) >= 11 is 0. The smallest absolute Gasteiger partial charge is 0.192 e. The van der Waals surface area contributed by atoms with E-state index in [1.807, 2.05) is 6.08 Å². The van der Waals surface area contributed by atoms with Gasteiger partial charge in [-0.05, 0) is 42.0 Å². The summed E-state index contributed by atoms with van der Waals surface area (Å²) in [6.07, 6.45) is 4.63. The van der Waals surface area contributed by atoms with Gasteiger partial charge in [0.05, 0.1) is 31.1 Å². The normalized spacial score (nSPS) is 27.2. The van der Waals surface area contributed by atoms with Crippen molar-refractivity contribution in [3.8, 4) is 0 Å².